The molecule has 1 fully saturated rings. The topological polar surface area (TPSA) is 59.6 Å². The monoisotopic (exact) mass is 287 g/mol. The minimum Gasteiger partial charge on any atom is -0.395 e. The number of hydrogen-bond donors (Lipinski definition) is 2. The first kappa shape index (κ1) is 14.1. The average Bonchev–Trinajstić information content (AvgIpc) is 2.73. The SMILES string of the molecule is O=c1[nH]c(N2CCCN(CCO)CC2)cc2ccccc12. The zero-order chi connectivity index (χ0) is 14.7. The van der Waals surface area contributed by atoms with E-state index in [0.717, 1.165) is 55.7 Å². The van der Waals surface area contributed by atoms with E-state index in [1.54, 1.807) is 0 Å². The predicted molar refractivity (Wildman–Crippen MR) is 84.9 cm³/mol. The smallest absolute Gasteiger partial charge is 0.257 e. The van der Waals surface area contributed by atoms with Gasteiger partial charge in [0, 0.05) is 31.6 Å². The van der Waals surface area contributed by atoms with E-state index in [1.165, 1.54) is 0 Å². The lowest BCUT2D eigenvalue weighted by atomic mass is 10.1. The van der Waals surface area contributed by atoms with Gasteiger partial charge in [-0.1, -0.05) is 18.2 Å². The molecule has 0 spiro atoms. The Morgan fingerprint density at radius 3 is 2.86 bits per heavy atom. The zero-order valence-electron chi connectivity index (χ0n) is 12.1. The Kier molecular flexibility index (Phi) is 4.22. The second-order valence-electron chi connectivity index (χ2n) is 5.48. The van der Waals surface area contributed by atoms with Gasteiger partial charge in [-0.25, -0.2) is 0 Å². The zero-order valence-corrected chi connectivity index (χ0v) is 12.1. The van der Waals surface area contributed by atoms with Crippen LogP contribution in [0, 0.1) is 0 Å². The van der Waals surface area contributed by atoms with Crippen LogP contribution in [0.1, 0.15) is 6.42 Å². The predicted octanol–water partition coefficient (Wildman–Crippen LogP) is 1.03. The van der Waals surface area contributed by atoms with Crippen molar-refractivity contribution >= 4 is 16.6 Å². The third-order valence-corrected chi connectivity index (χ3v) is 4.08. The van der Waals surface area contributed by atoms with E-state index in [4.69, 9.17) is 5.11 Å². The number of H-pyrrole nitrogens is 1. The maximum atomic E-state index is 12.2. The first-order valence-corrected chi connectivity index (χ1v) is 7.48. The van der Waals surface area contributed by atoms with Gasteiger partial charge in [0.15, 0.2) is 0 Å². The third kappa shape index (κ3) is 3.09. The van der Waals surface area contributed by atoms with Gasteiger partial charge in [-0.05, 0) is 30.5 Å². The van der Waals surface area contributed by atoms with Gasteiger partial charge in [-0.15, -0.1) is 0 Å². The molecule has 2 heterocycles. The van der Waals surface area contributed by atoms with Crippen molar-refractivity contribution < 1.29 is 5.11 Å². The summed E-state index contributed by atoms with van der Waals surface area (Å²) in [5, 5.41) is 10.8. The minimum atomic E-state index is -0.0282. The molecular formula is C16H21N3O2. The highest BCUT2D eigenvalue weighted by Crippen LogP contribution is 2.17. The van der Waals surface area contributed by atoms with E-state index in [0.29, 0.717) is 0 Å². The molecule has 2 aromatic rings. The van der Waals surface area contributed by atoms with Gasteiger partial charge in [-0.2, -0.15) is 0 Å². The number of rotatable bonds is 3. The molecule has 1 aliphatic rings. The molecule has 0 saturated carbocycles. The molecule has 0 radical (unpaired) electrons. The molecular weight excluding hydrogens is 266 g/mol. The molecule has 5 nitrogen and oxygen atoms in total. The van der Waals surface area contributed by atoms with Gasteiger partial charge >= 0.3 is 0 Å². The highest BCUT2D eigenvalue weighted by atomic mass is 16.3. The van der Waals surface area contributed by atoms with Crippen LogP contribution in [-0.2, 0) is 0 Å². The Labute approximate surface area is 123 Å². The van der Waals surface area contributed by atoms with Crippen LogP contribution < -0.4 is 10.5 Å². The number of aliphatic hydroxyl groups excluding tert-OH is 1. The average molecular weight is 287 g/mol. The van der Waals surface area contributed by atoms with Crippen LogP contribution in [0.5, 0.6) is 0 Å². The Morgan fingerprint density at radius 2 is 2.00 bits per heavy atom. The van der Waals surface area contributed by atoms with E-state index in [1.807, 2.05) is 24.3 Å². The summed E-state index contributed by atoms with van der Waals surface area (Å²) in [6.07, 6.45) is 1.04. The second kappa shape index (κ2) is 6.28. The van der Waals surface area contributed by atoms with Gasteiger partial charge in [0.25, 0.3) is 5.56 Å². The second-order valence-corrected chi connectivity index (χ2v) is 5.48. The minimum absolute atomic E-state index is 0.0282. The maximum absolute atomic E-state index is 12.2. The number of hydrogen-bond acceptors (Lipinski definition) is 4. The van der Waals surface area contributed by atoms with Crippen molar-refractivity contribution in [1.29, 1.82) is 0 Å². The summed E-state index contributed by atoms with van der Waals surface area (Å²) < 4.78 is 0. The summed E-state index contributed by atoms with van der Waals surface area (Å²) in [6.45, 7) is 4.63. The Balaban J connectivity index is 1.85. The van der Waals surface area contributed by atoms with Gasteiger partial charge < -0.3 is 15.0 Å². The van der Waals surface area contributed by atoms with E-state index in [2.05, 4.69) is 20.9 Å². The number of anilines is 1. The largest absolute Gasteiger partial charge is 0.395 e. The van der Waals surface area contributed by atoms with Crippen LogP contribution in [0.4, 0.5) is 5.82 Å². The van der Waals surface area contributed by atoms with E-state index in [9.17, 15) is 4.79 Å². The molecule has 3 rings (SSSR count). The summed E-state index contributed by atoms with van der Waals surface area (Å²) in [6, 6.07) is 9.72. The molecule has 0 bridgehead atoms. The molecule has 112 valence electrons. The lowest BCUT2D eigenvalue weighted by molar-refractivity contribution is 0.204. The number of pyridine rings is 1. The first-order chi connectivity index (χ1) is 10.3. The van der Waals surface area contributed by atoms with E-state index < -0.39 is 0 Å². The standard InChI is InChI=1S/C16H21N3O2/c20-11-10-18-6-3-7-19(9-8-18)15-12-13-4-1-2-5-14(13)16(21)17-15/h1-2,4-5,12,20H,3,6-11H2,(H,17,21). The molecule has 2 N–H and O–H groups in total. The third-order valence-electron chi connectivity index (χ3n) is 4.08. The molecule has 0 unspecified atom stereocenters. The molecule has 0 atom stereocenters. The van der Waals surface area contributed by atoms with Gasteiger partial charge in [0.2, 0.25) is 0 Å². The molecule has 0 amide bonds. The summed E-state index contributed by atoms with van der Waals surface area (Å²) in [5.41, 5.74) is -0.0282. The molecule has 1 aromatic heterocycles. The van der Waals surface area contributed by atoms with Crippen LogP contribution in [0.25, 0.3) is 10.8 Å². The fourth-order valence-corrected chi connectivity index (χ4v) is 2.94. The summed E-state index contributed by atoms with van der Waals surface area (Å²) in [4.78, 5) is 19.7. The molecule has 1 aromatic carbocycles. The number of aromatic amines is 1. The molecule has 5 heteroatoms. The van der Waals surface area contributed by atoms with Gasteiger partial charge in [-0.3, -0.25) is 9.69 Å². The Morgan fingerprint density at radius 1 is 1.14 bits per heavy atom. The molecule has 1 aliphatic heterocycles. The summed E-state index contributed by atoms with van der Waals surface area (Å²) >= 11 is 0. The summed E-state index contributed by atoms with van der Waals surface area (Å²) in [7, 11) is 0. The number of nitrogens with one attached hydrogen (secondary N) is 1. The number of nitrogens with zero attached hydrogens (tertiary/aromatic N) is 2. The van der Waals surface area contributed by atoms with Crippen molar-refractivity contribution in [3.63, 3.8) is 0 Å². The number of benzene rings is 1. The lowest BCUT2D eigenvalue weighted by Crippen LogP contribution is -2.33. The molecule has 0 aliphatic carbocycles. The number of fused-ring (bicyclic) bond motifs is 1. The number of aliphatic hydroxyl groups is 1. The van der Waals surface area contributed by atoms with Crippen molar-refractivity contribution in [3.05, 3.63) is 40.7 Å². The number of β-amino-alcohol motifs (C(OH)–C–C–N with tert-alkyl or cyclic N) is 1. The van der Waals surface area contributed by atoms with Crippen LogP contribution in [0.15, 0.2) is 35.1 Å². The Hall–Kier alpha value is -1.85. The Bertz CT molecular complexity index is 668. The van der Waals surface area contributed by atoms with Crippen LogP contribution >= 0.6 is 0 Å². The van der Waals surface area contributed by atoms with Crippen LogP contribution in [0.2, 0.25) is 0 Å². The molecule has 1 saturated heterocycles. The van der Waals surface area contributed by atoms with Gasteiger partial charge in [0.05, 0.1) is 6.61 Å². The van der Waals surface area contributed by atoms with Crippen molar-refractivity contribution in [2.75, 3.05) is 44.2 Å². The van der Waals surface area contributed by atoms with Crippen LogP contribution in [-0.4, -0.2) is 54.3 Å². The van der Waals surface area contributed by atoms with E-state index >= 15 is 0 Å². The van der Waals surface area contributed by atoms with Gasteiger partial charge in [0.1, 0.15) is 5.82 Å². The molecule has 21 heavy (non-hydrogen) atoms. The fraction of sp³-hybridized carbons (Fsp3) is 0.438. The maximum Gasteiger partial charge on any atom is 0.257 e. The fourth-order valence-electron chi connectivity index (χ4n) is 2.94. The lowest BCUT2D eigenvalue weighted by Gasteiger charge is -2.23. The summed E-state index contributed by atoms with van der Waals surface area (Å²) in [5.74, 6) is 0.893. The highest BCUT2D eigenvalue weighted by molar-refractivity contribution is 5.83. The van der Waals surface area contributed by atoms with Crippen molar-refractivity contribution in [2.45, 2.75) is 6.42 Å². The highest BCUT2D eigenvalue weighted by Gasteiger charge is 2.16. The van der Waals surface area contributed by atoms with Crippen LogP contribution in [0.3, 0.4) is 0 Å². The van der Waals surface area contributed by atoms with Crippen molar-refractivity contribution in [2.24, 2.45) is 0 Å². The van der Waals surface area contributed by atoms with E-state index in [-0.39, 0.29) is 12.2 Å². The van der Waals surface area contributed by atoms with Crippen molar-refractivity contribution in [3.8, 4) is 0 Å². The van der Waals surface area contributed by atoms with Crippen molar-refractivity contribution in [1.82, 2.24) is 9.88 Å². The number of aromatic nitrogens is 1. The quantitative estimate of drug-likeness (QED) is 0.885. The first-order valence-electron chi connectivity index (χ1n) is 7.48. The normalized spacial score (nSPS) is 17.1.